The van der Waals surface area contributed by atoms with Crippen molar-refractivity contribution >= 4 is 11.9 Å². The molecule has 4 heterocycles. The van der Waals surface area contributed by atoms with Gasteiger partial charge < -0.3 is 14.1 Å². The Bertz CT molecular complexity index is 683. The monoisotopic (exact) mass is 360 g/mol. The van der Waals surface area contributed by atoms with Gasteiger partial charge in [-0.15, -0.1) is 0 Å². The van der Waals surface area contributed by atoms with E-state index >= 15 is 0 Å². The van der Waals surface area contributed by atoms with Crippen molar-refractivity contribution < 1.29 is 13.9 Å². The summed E-state index contributed by atoms with van der Waals surface area (Å²) in [6.07, 6.45) is 4.99. The average molecular weight is 360 g/mol. The maximum atomic E-state index is 12.4. The molecule has 0 saturated carbocycles. The van der Waals surface area contributed by atoms with E-state index in [4.69, 9.17) is 9.15 Å². The van der Waals surface area contributed by atoms with Crippen molar-refractivity contribution in [1.82, 2.24) is 15.1 Å². The predicted octanol–water partition coefficient (Wildman–Crippen LogP) is 1.90. The summed E-state index contributed by atoms with van der Waals surface area (Å²) in [6, 6.07) is 4.11. The molecule has 1 amide bonds. The van der Waals surface area contributed by atoms with Crippen LogP contribution in [0.2, 0.25) is 0 Å². The van der Waals surface area contributed by atoms with Gasteiger partial charge in [-0.1, -0.05) is 0 Å². The lowest BCUT2D eigenvalue weighted by Crippen LogP contribution is -2.49. The zero-order valence-corrected chi connectivity index (χ0v) is 15.7. The van der Waals surface area contributed by atoms with Crippen LogP contribution in [-0.2, 0) is 16.1 Å². The number of piperidine rings is 1. The van der Waals surface area contributed by atoms with Crippen molar-refractivity contribution in [1.29, 1.82) is 0 Å². The Labute approximate surface area is 154 Å². The van der Waals surface area contributed by atoms with Gasteiger partial charge in [-0.05, 0) is 44.2 Å². The van der Waals surface area contributed by atoms with Crippen LogP contribution in [-0.4, -0.2) is 61.0 Å². The molecule has 0 aromatic carbocycles. The normalized spacial score (nSPS) is 26.0. The highest BCUT2D eigenvalue weighted by atomic mass is 16.5. The van der Waals surface area contributed by atoms with Gasteiger partial charge in [0, 0.05) is 33.8 Å². The standard InChI is InChI=1S/C19H28N4O3/c1-22(2)18-20-17(24)19(21-18)8-10-23(11-9-19)13-14-6-7-16(26-14)15-5-3-4-12-25-15/h6-7,15H,3-5,8-13H2,1-2H3,(H,20,21,24)/t15-/m0/s1. The first-order chi connectivity index (χ1) is 12.6. The molecule has 2 fully saturated rings. The molecule has 4 rings (SSSR count). The van der Waals surface area contributed by atoms with Gasteiger partial charge in [-0.3, -0.25) is 15.0 Å². The molecule has 1 spiro atoms. The molecule has 3 aliphatic rings. The van der Waals surface area contributed by atoms with Gasteiger partial charge in [0.05, 0.1) is 6.54 Å². The third-order valence-electron chi connectivity index (χ3n) is 5.63. The number of carbonyl (C=O) groups is 1. The number of hydrogen-bond donors (Lipinski definition) is 1. The van der Waals surface area contributed by atoms with Crippen molar-refractivity contribution in [2.75, 3.05) is 33.8 Å². The number of nitrogens with one attached hydrogen (secondary N) is 1. The summed E-state index contributed by atoms with van der Waals surface area (Å²) in [5, 5.41) is 2.90. The molecule has 26 heavy (non-hydrogen) atoms. The maximum Gasteiger partial charge on any atom is 0.254 e. The number of carbonyl (C=O) groups excluding carboxylic acids is 1. The Hall–Kier alpha value is -1.86. The molecular weight excluding hydrogens is 332 g/mol. The molecule has 3 aliphatic heterocycles. The van der Waals surface area contributed by atoms with Crippen LogP contribution < -0.4 is 5.32 Å². The maximum absolute atomic E-state index is 12.4. The summed E-state index contributed by atoms with van der Waals surface area (Å²) in [5.74, 6) is 2.63. The van der Waals surface area contributed by atoms with Gasteiger partial charge in [0.15, 0.2) is 0 Å². The van der Waals surface area contributed by atoms with Crippen molar-refractivity contribution in [3.8, 4) is 0 Å². The first kappa shape index (κ1) is 17.5. The molecular formula is C19H28N4O3. The molecule has 1 aromatic heterocycles. The topological polar surface area (TPSA) is 70.3 Å². The van der Waals surface area contributed by atoms with E-state index in [0.29, 0.717) is 5.96 Å². The Morgan fingerprint density at radius 1 is 1.31 bits per heavy atom. The minimum absolute atomic E-state index is 0.0376. The minimum atomic E-state index is -0.583. The fourth-order valence-electron chi connectivity index (χ4n) is 3.97. The highest BCUT2D eigenvalue weighted by Crippen LogP contribution is 2.32. The summed E-state index contributed by atoms with van der Waals surface area (Å²) in [7, 11) is 3.80. The second-order valence-electron chi connectivity index (χ2n) is 7.75. The zero-order chi connectivity index (χ0) is 18.1. The van der Waals surface area contributed by atoms with Crippen LogP contribution >= 0.6 is 0 Å². The van der Waals surface area contributed by atoms with Crippen LogP contribution in [0.5, 0.6) is 0 Å². The number of amides is 1. The number of guanidine groups is 1. The smallest absolute Gasteiger partial charge is 0.254 e. The highest BCUT2D eigenvalue weighted by molar-refractivity contribution is 6.07. The van der Waals surface area contributed by atoms with E-state index in [2.05, 4.69) is 27.3 Å². The van der Waals surface area contributed by atoms with Crippen LogP contribution in [0.3, 0.4) is 0 Å². The second-order valence-corrected chi connectivity index (χ2v) is 7.75. The van der Waals surface area contributed by atoms with E-state index in [1.54, 1.807) is 0 Å². The summed E-state index contributed by atoms with van der Waals surface area (Å²) in [6.45, 7) is 3.28. The van der Waals surface area contributed by atoms with Crippen molar-refractivity contribution in [2.24, 2.45) is 4.99 Å². The Morgan fingerprint density at radius 3 is 2.77 bits per heavy atom. The van der Waals surface area contributed by atoms with Crippen LogP contribution in [0, 0.1) is 0 Å². The molecule has 1 atom stereocenters. The quantitative estimate of drug-likeness (QED) is 0.892. The van der Waals surface area contributed by atoms with Gasteiger partial charge >= 0.3 is 0 Å². The third kappa shape index (κ3) is 3.38. The van der Waals surface area contributed by atoms with Gasteiger partial charge in [0.1, 0.15) is 23.2 Å². The largest absolute Gasteiger partial charge is 0.462 e. The SMILES string of the molecule is CN(C)C1=NC2(CCN(Cc3ccc([C@@H]4CCCCO4)o3)CC2)C(=O)N1. The lowest BCUT2D eigenvalue weighted by Gasteiger charge is -2.34. The van der Waals surface area contributed by atoms with E-state index in [1.165, 1.54) is 6.42 Å². The van der Waals surface area contributed by atoms with E-state index in [-0.39, 0.29) is 12.0 Å². The number of likely N-dealkylation sites (tertiary alicyclic amines) is 1. The van der Waals surface area contributed by atoms with Crippen molar-refractivity contribution in [3.63, 3.8) is 0 Å². The summed E-state index contributed by atoms with van der Waals surface area (Å²) < 4.78 is 11.8. The summed E-state index contributed by atoms with van der Waals surface area (Å²) in [5.41, 5.74) is -0.583. The van der Waals surface area contributed by atoms with Gasteiger partial charge in [0.2, 0.25) is 5.96 Å². The first-order valence-electron chi connectivity index (χ1n) is 9.57. The average Bonchev–Trinajstić information content (AvgIpc) is 3.24. The number of furan rings is 1. The van der Waals surface area contributed by atoms with Crippen LogP contribution in [0.15, 0.2) is 21.5 Å². The highest BCUT2D eigenvalue weighted by Gasteiger charge is 2.46. The molecule has 1 aromatic rings. The lowest BCUT2D eigenvalue weighted by atomic mass is 9.88. The lowest BCUT2D eigenvalue weighted by molar-refractivity contribution is -0.125. The molecule has 0 unspecified atom stereocenters. The summed E-state index contributed by atoms with van der Waals surface area (Å²) >= 11 is 0. The molecule has 2 saturated heterocycles. The minimum Gasteiger partial charge on any atom is -0.462 e. The van der Waals surface area contributed by atoms with Crippen molar-refractivity contribution in [2.45, 2.75) is 50.3 Å². The molecule has 142 valence electrons. The van der Waals surface area contributed by atoms with Crippen LogP contribution in [0.4, 0.5) is 0 Å². The number of rotatable bonds is 3. The van der Waals surface area contributed by atoms with Gasteiger partial charge in [0.25, 0.3) is 5.91 Å². The van der Waals surface area contributed by atoms with Gasteiger partial charge in [-0.2, -0.15) is 0 Å². The van der Waals surface area contributed by atoms with E-state index in [1.807, 2.05) is 19.0 Å². The predicted molar refractivity (Wildman–Crippen MR) is 97.8 cm³/mol. The Balaban J connectivity index is 1.34. The fourth-order valence-corrected chi connectivity index (χ4v) is 3.97. The van der Waals surface area contributed by atoms with E-state index in [0.717, 1.165) is 63.4 Å². The number of hydrogen-bond acceptors (Lipinski definition) is 6. The number of aliphatic imine (C=N–C) groups is 1. The molecule has 0 aliphatic carbocycles. The molecule has 7 heteroatoms. The molecule has 0 radical (unpaired) electrons. The van der Waals surface area contributed by atoms with Crippen LogP contribution in [0.1, 0.15) is 49.7 Å². The molecule has 0 bridgehead atoms. The van der Waals surface area contributed by atoms with E-state index in [9.17, 15) is 4.79 Å². The molecule has 1 N–H and O–H groups in total. The molecule has 7 nitrogen and oxygen atoms in total. The van der Waals surface area contributed by atoms with E-state index < -0.39 is 5.54 Å². The number of nitrogens with zero attached hydrogens (tertiary/aromatic N) is 3. The zero-order valence-electron chi connectivity index (χ0n) is 15.7. The first-order valence-corrected chi connectivity index (χ1v) is 9.57. The van der Waals surface area contributed by atoms with Crippen LogP contribution in [0.25, 0.3) is 0 Å². The third-order valence-corrected chi connectivity index (χ3v) is 5.63. The summed E-state index contributed by atoms with van der Waals surface area (Å²) in [4.78, 5) is 21.3. The van der Waals surface area contributed by atoms with Gasteiger partial charge in [-0.25, -0.2) is 4.99 Å². The van der Waals surface area contributed by atoms with Crippen molar-refractivity contribution in [3.05, 3.63) is 23.7 Å². The fraction of sp³-hybridized carbons (Fsp3) is 0.684. The Morgan fingerprint density at radius 2 is 2.12 bits per heavy atom. The number of ether oxygens (including phenoxy) is 1. The Kier molecular flexibility index (Phi) is 4.75. The second kappa shape index (κ2) is 7.04.